The fraction of sp³-hybridized carbons (Fsp3) is 0.286. The number of carbonyl (C=O) groups excluding carboxylic acids is 2. The summed E-state index contributed by atoms with van der Waals surface area (Å²) in [5, 5.41) is 2.47. The Kier molecular flexibility index (Phi) is 5.58. The molecule has 3 N–H and O–H groups in total. The van der Waals surface area contributed by atoms with E-state index < -0.39 is 5.97 Å². The lowest BCUT2D eigenvalue weighted by molar-refractivity contribution is -0.139. The molecule has 0 fully saturated rings. The standard InChI is InChI=1S/C14H16N2O3/c1-10-8-12(6-5-11(10)4-3-7-15)14(18)16-9-13(17)19-2/h5-6,8H,7,9,15H2,1-2H3,(H,16,18). The van der Waals surface area contributed by atoms with Gasteiger partial charge in [-0.2, -0.15) is 0 Å². The number of ether oxygens (including phenoxy) is 1. The van der Waals surface area contributed by atoms with Crippen LogP contribution in [-0.4, -0.2) is 32.1 Å². The highest BCUT2D eigenvalue weighted by atomic mass is 16.5. The Morgan fingerprint density at radius 3 is 2.74 bits per heavy atom. The second-order valence-corrected chi connectivity index (χ2v) is 3.79. The molecule has 0 heterocycles. The van der Waals surface area contributed by atoms with E-state index in [1.807, 2.05) is 6.92 Å². The van der Waals surface area contributed by atoms with E-state index in [4.69, 9.17) is 5.73 Å². The van der Waals surface area contributed by atoms with Crippen LogP contribution >= 0.6 is 0 Å². The third-order valence-corrected chi connectivity index (χ3v) is 2.43. The van der Waals surface area contributed by atoms with E-state index in [9.17, 15) is 9.59 Å². The molecular formula is C14H16N2O3. The van der Waals surface area contributed by atoms with Crippen LogP contribution in [0.15, 0.2) is 18.2 Å². The number of nitrogens with one attached hydrogen (secondary N) is 1. The topological polar surface area (TPSA) is 81.4 Å². The van der Waals surface area contributed by atoms with E-state index in [2.05, 4.69) is 21.9 Å². The van der Waals surface area contributed by atoms with Gasteiger partial charge in [0.15, 0.2) is 0 Å². The summed E-state index contributed by atoms with van der Waals surface area (Å²) >= 11 is 0. The minimum absolute atomic E-state index is 0.150. The highest BCUT2D eigenvalue weighted by Crippen LogP contribution is 2.10. The number of carbonyl (C=O) groups is 2. The predicted octanol–water partition coefficient (Wildman–Crippen LogP) is 0.208. The van der Waals surface area contributed by atoms with Gasteiger partial charge in [0.1, 0.15) is 6.54 Å². The van der Waals surface area contributed by atoms with Crippen molar-refractivity contribution in [2.45, 2.75) is 6.92 Å². The van der Waals surface area contributed by atoms with Crippen molar-refractivity contribution in [2.24, 2.45) is 5.73 Å². The van der Waals surface area contributed by atoms with Crippen LogP contribution in [0.3, 0.4) is 0 Å². The number of hydrogen-bond acceptors (Lipinski definition) is 4. The van der Waals surface area contributed by atoms with Gasteiger partial charge < -0.3 is 15.8 Å². The van der Waals surface area contributed by atoms with Gasteiger partial charge in [-0.15, -0.1) is 0 Å². The van der Waals surface area contributed by atoms with Crippen LogP contribution in [0.2, 0.25) is 0 Å². The van der Waals surface area contributed by atoms with Crippen LogP contribution in [-0.2, 0) is 9.53 Å². The van der Waals surface area contributed by atoms with Gasteiger partial charge in [0.2, 0.25) is 0 Å². The Morgan fingerprint density at radius 1 is 1.42 bits per heavy atom. The summed E-state index contributed by atoms with van der Waals surface area (Å²) in [5.41, 5.74) is 7.49. The van der Waals surface area contributed by atoms with Crippen LogP contribution in [0.4, 0.5) is 0 Å². The molecule has 0 aliphatic carbocycles. The summed E-state index contributed by atoms with van der Waals surface area (Å²) in [4.78, 5) is 22.7. The molecule has 100 valence electrons. The molecule has 1 aromatic carbocycles. The number of hydrogen-bond donors (Lipinski definition) is 2. The number of rotatable bonds is 3. The van der Waals surface area contributed by atoms with Crippen molar-refractivity contribution in [2.75, 3.05) is 20.2 Å². The molecule has 0 bridgehead atoms. The Bertz CT molecular complexity index is 541. The molecule has 1 rings (SSSR count). The lowest BCUT2D eigenvalue weighted by Crippen LogP contribution is -2.30. The van der Waals surface area contributed by atoms with Crippen LogP contribution in [0.25, 0.3) is 0 Å². The normalized spacial score (nSPS) is 9.21. The molecule has 0 aliphatic heterocycles. The zero-order chi connectivity index (χ0) is 14.3. The molecule has 0 aliphatic rings. The van der Waals surface area contributed by atoms with Gasteiger partial charge in [0, 0.05) is 11.1 Å². The van der Waals surface area contributed by atoms with Crippen molar-refractivity contribution < 1.29 is 14.3 Å². The monoisotopic (exact) mass is 260 g/mol. The van der Waals surface area contributed by atoms with Gasteiger partial charge in [-0.3, -0.25) is 9.59 Å². The van der Waals surface area contributed by atoms with E-state index >= 15 is 0 Å². The second-order valence-electron chi connectivity index (χ2n) is 3.79. The van der Waals surface area contributed by atoms with Crippen molar-refractivity contribution in [3.05, 3.63) is 34.9 Å². The Hall–Kier alpha value is -2.32. The molecule has 0 aromatic heterocycles. The summed E-state index contributed by atoms with van der Waals surface area (Å²) < 4.78 is 4.44. The Balaban J connectivity index is 2.77. The van der Waals surface area contributed by atoms with Gasteiger partial charge in [-0.25, -0.2) is 0 Å². The molecule has 0 spiro atoms. The largest absolute Gasteiger partial charge is 0.468 e. The van der Waals surface area contributed by atoms with Crippen molar-refractivity contribution in [3.8, 4) is 11.8 Å². The van der Waals surface area contributed by atoms with Crippen LogP contribution < -0.4 is 11.1 Å². The molecule has 1 amide bonds. The maximum absolute atomic E-state index is 11.8. The van der Waals surface area contributed by atoms with Gasteiger partial charge >= 0.3 is 5.97 Å². The molecule has 0 radical (unpaired) electrons. The SMILES string of the molecule is COC(=O)CNC(=O)c1ccc(C#CCN)c(C)c1. The van der Waals surface area contributed by atoms with E-state index in [-0.39, 0.29) is 12.5 Å². The molecule has 1 aromatic rings. The quantitative estimate of drug-likeness (QED) is 0.601. The number of aryl methyl sites for hydroxylation is 1. The first-order valence-electron chi connectivity index (χ1n) is 5.73. The van der Waals surface area contributed by atoms with Gasteiger partial charge in [-0.05, 0) is 30.7 Å². The Labute approximate surface area is 112 Å². The van der Waals surface area contributed by atoms with E-state index in [1.165, 1.54) is 7.11 Å². The average molecular weight is 260 g/mol. The lowest BCUT2D eigenvalue weighted by Gasteiger charge is -2.05. The van der Waals surface area contributed by atoms with E-state index in [0.29, 0.717) is 12.1 Å². The molecule has 5 heteroatoms. The minimum atomic E-state index is -0.490. The zero-order valence-electron chi connectivity index (χ0n) is 10.9. The second kappa shape index (κ2) is 7.19. The third kappa shape index (κ3) is 4.45. The Morgan fingerprint density at radius 2 is 2.16 bits per heavy atom. The van der Waals surface area contributed by atoms with Crippen LogP contribution in [0.1, 0.15) is 21.5 Å². The van der Waals surface area contributed by atoms with E-state index in [1.54, 1.807) is 18.2 Å². The fourth-order valence-corrected chi connectivity index (χ4v) is 1.42. The smallest absolute Gasteiger partial charge is 0.325 e. The van der Waals surface area contributed by atoms with Crippen molar-refractivity contribution in [1.82, 2.24) is 5.32 Å². The summed E-state index contributed by atoms with van der Waals surface area (Å²) in [6.45, 7) is 2.00. The molecule has 0 atom stereocenters. The van der Waals surface area contributed by atoms with E-state index in [0.717, 1.165) is 11.1 Å². The summed E-state index contributed by atoms with van der Waals surface area (Å²) in [7, 11) is 1.27. The summed E-state index contributed by atoms with van der Waals surface area (Å²) in [6, 6.07) is 5.12. The molecular weight excluding hydrogens is 244 g/mol. The summed E-state index contributed by atoms with van der Waals surface area (Å²) in [6.07, 6.45) is 0. The fourth-order valence-electron chi connectivity index (χ4n) is 1.42. The average Bonchev–Trinajstić information content (AvgIpc) is 2.42. The molecule has 0 unspecified atom stereocenters. The molecule has 0 saturated heterocycles. The van der Waals surface area contributed by atoms with Crippen molar-refractivity contribution in [3.63, 3.8) is 0 Å². The third-order valence-electron chi connectivity index (χ3n) is 2.43. The highest BCUT2D eigenvalue weighted by Gasteiger charge is 2.09. The maximum atomic E-state index is 11.8. The minimum Gasteiger partial charge on any atom is -0.468 e. The summed E-state index contributed by atoms with van der Waals surface area (Å²) in [5.74, 6) is 4.86. The number of methoxy groups -OCH3 is 1. The maximum Gasteiger partial charge on any atom is 0.325 e. The van der Waals surface area contributed by atoms with Crippen LogP contribution in [0, 0.1) is 18.8 Å². The predicted molar refractivity (Wildman–Crippen MR) is 71.5 cm³/mol. The first-order valence-corrected chi connectivity index (χ1v) is 5.73. The van der Waals surface area contributed by atoms with Crippen molar-refractivity contribution in [1.29, 1.82) is 0 Å². The number of esters is 1. The van der Waals surface area contributed by atoms with Crippen LogP contribution in [0.5, 0.6) is 0 Å². The lowest BCUT2D eigenvalue weighted by atomic mass is 10.0. The molecule has 19 heavy (non-hydrogen) atoms. The number of benzene rings is 1. The first-order chi connectivity index (χ1) is 9.08. The molecule has 5 nitrogen and oxygen atoms in total. The van der Waals surface area contributed by atoms with Gasteiger partial charge in [0.25, 0.3) is 5.91 Å². The zero-order valence-corrected chi connectivity index (χ0v) is 10.9. The number of amides is 1. The number of nitrogens with two attached hydrogens (primary N) is 1. The van der Waals surface area contributed by atoms with Gasteiger partial charge in [0.05, 0.1) is 13.7 Å². The highest BCUT2D eigenvalue weighted by molar-refractivity contribution is 5.96. The van der Waals surface area contributed by atoms with Gasteiger partial charge in [-0.1, -0.05) is 11.8 Å². The van der Waals surface area contributed by atoms with Crippen molar-refractivity contribution >= 4 is 11.9 Å². The molecule has 0 saturated carbocycles. The first kappa shape index (κ1) is 14.7.